The minimum absolute atomic E-state index is 0.225. The molecular weight excluding hydrogens is 291 g/mol. The number of fused-ring (bicyclic) bond motifs is 1. The molecule has 0 spiro atoms. The fourth-order valence-corrected chi connectivity index (χ4v) is 3.00. The molecule has 2 aromatic rings. The van der Waals surface area contributed by atoms with E-state index >= 15 is 0 Å². The zero-order valence-electron chi connectivity index (χ0n) is 11.4. The lowest BCUT2D eigenvalue weighted by Crippen LogP contribution is -2.24. The van der Waals surface area contributed by atoms with Crippen LogP contribution in [0.15, 0.2) is 35.5 Å². The molecule has 0 unspecified atom stereocenters. The number of hydrogen-bond donors (Lipinski definition) is 1. The highest BCUT2D eigenvalue weighted by molar-refractivity contribution is 7.14. The van der Waals surface area contributed by atoms with Crippen LogP contribution in [0.4, 0.5) is 10.1 Å². The largest absolute Gasteiger partial charge is 0.352 e. The van der Waals surface area contributed by atoms with Crippen molar-refractivity contribution < 1.29 is 14.0 Å². The number of hydrogen-bond acceptors (Lipinski definition) is 5. The molecule has 3 rings (SSSR count). The summed E-state index contributed by atoms with van der Waals surface area (Å²) in [6.07, 6.45) is 0. The summed E-state index contributed by atoms with van der Waals surface area (Å²) in [5, 5.41) is 3.59. The molecule has 0 fully saturated rings. The minimum atomic E-state index is -0.363. The van der Waals surface area contributed by atoms with E-state index in [-0.39, 0.29) is 28.8 Å². The molecule has 0 radical (unpaired) electrons. The lowest BCUT2D eigenvalue weighted by molar-refractivity contribution is 0.0976. The number of allylic oxidation sites excluding steroid dienone is 2. The fraction of sp³-hybridized carbons (Fsp3) is 0.133. The molecule has 0 atom stereocenters. The Morgan fingerprint density at radius 1 is 1.10 bits per heavy atom. The quantitative estimate of drug-likeness (QED) is 0.924. The molecule has 0 amide bonds. The topological polar surface area (TPSA) is 59.1 Å². The third-order valence-electron chi connectivity index (χ3n) is 3.21. The van der Waals surface area contributed by atoms with Crippen molar-refractivity contribution in [1.29, 1.82) is 0 Å². The van der Waals surface area contributed by atoms with Crippen LogP contribution < -0.4 is 5.32 Å². The Morgan fingerprint density at radius 3 is 2.43 bits per heavy atom. The van der Waals surface area contributed by atoms with E-state index in [4.69, 9.17) is 0 Å². The molecule has 0 aliphatic heterocycles. The standard InChI is InChI=1S/C15H11FN2O2S/c1-7-11(18-10-5-3-9(16)4-6-10)14(20)15-12(13(7)19)17-8(2)21-15/h3-6,18H,1-2H3. The molecule has 6 heteroatoms. The van der Waals surface area contributed by atoms with Crippen molar-refractivity contribution >= 4 is 28.6 Å². The van der Waals surface area contributed by atoms with Gasteiger partial charge in [0.1, 0.15) is 16.4 Å². The molecule has 1 N–H and O–H groups in total. The van der Waals surface area contributed by atoms with Gasteiger partial charge in [0, 0.05) is 11.3 Å². The molecular formula is C15H11FN2O2S. The molecule has 4 nitrogen and oxygen atoms in total. The van der Waals surface area contributed by atoms with Gasteiger partial charge < -0.3 is 5.32 Å². The number of nitrogens with one attached hydrogen (secondary N) is 1. The highest BCUT2D eigenvalue weighted by Gasteiger charge is 2.33. The summed E-state index contributed by atoms with van der Waals surface area (Å²) in [6.45, 7) is 3.34. The van der Waals surface area contributed by atoms with Gasteiger partial charge in [-0.3, -0.25) is 9.59 Å². The zero-order chi connectivity index (χ0) is 15.1. The average molecular weight is 302 g/mol. The second-order valence-electron chi connectivity index (χ2n) is 4.70. The first-order valence-corrected chi connectivity index (χ1v) is 7.09. The molecule has 0 saturated carbocycles. The van der Waals surface area contributed by atoms with Gasteiger partial charge in [0.2, 0.25) is 11.6 Å². The third kappa shape index (κ3) is 2.27. The number of Topliss-reactive ketones (excluding diaryl/α,β-unsaturated/α-hetero) is 2. The lowest BCUT2D eigenvalue weighted by atomic mass is 9.97. The van der Waals surface area contributed by atoms with Gasteiger partial charge in [-0.1, -0.05) is 0 Å². The number of halogens is 1. The Balaban J connectivity index is 2.01. The van der Waals surface area contributed by atoms with Crippen molar-refractivity contribution in [1.82, 2.24) is 4.98 Å². The first kappa shape index (κ1) is 13.6. The Morgan fingerprint density at radius 2 is 1.76 bits per heavy atom. The maximum absolute atomic E-state index is 12.9. The third-order valence-corrected chi connectivity index (χ3v) is 4.18. The van der Waals surface area contributed by atoms with E-state index < -0.39 is 0 Å². The smallest absolute Gasteiger partial charge is 0.221 e. The maximum atomic E-state index is 12.9. The van der Waals surface area contributed by atoms with E-state index in [1.807, 2.05) is 0 Å². The summed E-state index contributed by atoms with van der Waals surface area (Å²) in [5.74, 6) is -0.867. The van der Waals surface area contributed by atoms with Crippen LogP contribution in [0.2, 0.25) is 0 Å². The van der Waals surface area contributed by atoms with Crippen LogP contribution in [0.25, 0.3) is 0 Å². The Kier molecular flexibility index (Phi) is 3.17. The number of carbonyl (C=O) groups is 2. The first-order valence-electron chi connectivity index (χ1n) is 6.27. The van der Waals surface area contributed by atoms with E-state index in [2.05, 4.69) is 10.3 Å². The molecule has 0 bridgehead atoms. The second kappa shape index (κ2) is 4.89. The molecule has 106 valence electrons. The van der Waals surface area contributed by atoms with Crippen molar-refractivity contribution in [2.45, 2.75) is 13.8 Å². The lowest BCUT2D eigenvalue weighted by Gasteiger charge is -2.16. The van der Waals surface area contributed by atoms with Crippen LogP contribution in [0.1, 0.15) is 32.1 Å². The van der Waals surface area contributed by atoms with Gasteiger partial charge in [-0.2, -0.15) is 0 Å². The monoisotopic (exact) mass is 302 g/mol. The van der Waals surface area contributed by atoms with Crippen LogP contribution in [0.5, 0.6) is 0 Å². The van der Waals surface area contributed by atoms with Gasteiger partial charge in [-0.15, -0.1) is 11.3 Å². The summed E-state index contributed by atoms with van der Waals surface area (Å²) < 4.78 is 12.9. The number of aromatic nitrogens is 1. The van der Waals surface area contributed by atoms with Gasteiger partial charge >= 0.3 is 0 Å². The highest BCUT2D eigenvalue weighted by Crippen LogP contribution is 2.30. The van der Waals surface area contributed by atoms with E-state index in [0.29, 0.717) is 21.1 Å². The number of benzene rings is 1. The van der Waals surface area contributed by atoms with Crippen molar-refractivity contribution in [2.24, 2.45) is 0 Å². The maximum Gasteiger partial charge on any atom is 0.221 e. The number of ketones is 2. The number of thiazole rings is 1. The number of aryl methyl sites for hydroxylation is 1. The highest BCUT2D eigenvalue weighted by atomic mass is 32.1. The van der Waals surface area contributed by atoms with Crippen LogP contribution in [-0.2, 0) is 0 Å². The zero-order valence-corrected chi connectivity index (χ0v) is 12.2. The van der Waals surface area contributed by atoms with Crippen LogP contribution in [0, 0.1) is 12.7 Å². The Hall–Kier alpha value is -2.34. The Bertz CT molecular complexity index is 791. The van der Waals surface area contributed by atoms with E-state index in [1.165, 1.54) is 35.6 Å². The number of carbonyl (C=O) groups excluding carboxylic acids is 2. The molecule has 0 saturated heterocycles. The van der Waals surface area contributed by atoms with Crippen molar-refractivity contribution in [2.75, 3.05) is 5.32 Å². The molecule has 1 aliphatic carbocycles. The number of rotatable bonds is 2. The summed E-state index contributed by atoms with van der Waals surface area (Å²) in [6, 6.07) is 5.60. The van der Waals surface area contributed by atoms with Crippen LogP contribution in [0.3, 0.4) is 0 Å². The van der Waals surface area contributed by atoms with Crippen LogP contribution in [-0.4, -0.2) is 16.6 Å². The minimum Gasteiger partial charge on any atom is -0.352 e. The number of anilines is 1. The first-order chi connectivity index (χ1) is 9.97. The average Bonchev–Trinajstić information content (AvgIpc) is 2.85. The molecule has 1 heterocycles. The van der Waals surface area contributed by atoms with Gasteiger partial charge in [0.05, 0.1) is 10.7 Å². The molecule has 1 aromatic carbocycles. The predicted molar refractivity (Wildman–Crippen MR) is 78.2 cm³/mol. The normalized spacial score (nSPS) is 14.4. The summed E-state index contributed by atoms with van der Waals surface area (Å²) in [5.41, 5.74) is 1.33. The van der Waals surface area contributed by atoms with Gasteiger partial charge in [-0.05, 0) is 38.1 Å². The summed E-state index contributed by atoms with van der Waals surface area (Å²) in [7, 11) is 0. The number of nitrogens with zero attached hydrogens (tertiary/aromatic N) is 1. The van der Waals surface area contributed by atoms with E-state index in [9.17, 15) is 14.0 Å². The fourth-order valence-electron chi connectivity index (χ4n) is 2.14. The van der Waals surface area contributed by atoms with Gasteiger partial charge in [0.15, 0.2) is 0 Å². The van der Waals surface area contributed by atoms with Gasteiger partial charge in [-0.25, -0.2) is 9.37 Å². The van der Waals surface area contributed by atoms with E-state index in [0.717, 1.165) is 0 Å². The summed E-state index contributed by atoms with van der Waals surface area (Å²) >= 11 is 1.21. The van der Waals surface area contributed by atoms with Gasteiger partial charge in [0.25, 0.3) is 0 Å². The molecule has 1 aromatic heterocycles. The molecule has 1 aliphatic rings. The second-order valence-corrected chi connectivity index (χ2v) is 5.90. The summed E-state index contributed by atoms with van der Waals surface area (Å²) in [4.78, 5) is 29.2. The van der Waals surface area contributed by atoms with Crippen molar-refractivity contribution in [3.8, 4) is 0 Å². The predicted octanol–water partition coefficient (Wildman–Crippen LogP) is 3.36. The van der Waals surface area contributed by atoms with Crippen LogP contribution >= 0.6 is 11.3 Å². The van der Waals surface area contributed by atoms with Crippen molar-refractivity contribution in [3.63, 3.8) is 0 Å². The van der Waals surface area contributed by atoms with E-state index in [1.54, 1.807) is 13.8 Å². The Labute approximate surface area is 124 Å². The molecule has 21 heavy (non-hydrogen) atoms. The SMILES string of the molecule is CC1=C(Nc2ccc(F)cc2)C(=O)c2sc(C)nc2C1=O. The van der Waals surface area contributed by atoms with Crippen molar-refractivity contribution in [3.05, 3.63) is 56.9 Å².